The number of carbonyl (C=O) groups excluding carboxylic acids is 1. The van der Waals surface area contributed by atoms with Crippen LogP contribution in [0.1, 0.15) is 28.8 Å². The fourth-order valence-electron chi connectivity index (χ4n) is 3.65. The highest BCUT2D eigenvalue weighted by Gasteiger charge is 2.30. The van der Waals surface area contributed by atoms with Gasteiger partial charge in [-0.2, -0.15) is 0 Å². The molecule has 2 aliphatic rings. The molecule has 6 nitrogen and oxygen atoms in total. The molecular weight excluding hydrogens is 346 g/mol. The summed E-state index contributed by atoms with van der Waals surface area (Å²) in [4.78, 5) is 15.2. The van der Waals surface area contributed by atoms with E-state index in [1.807, 2.05) is 24.3 Å². The Labute approximate surface area is 158 Å². The van der Waals surface area contributed by atoms with Crippen LogP contribution in [0.4, 0.5) is 5.69 Å². The van der Waals surface area contributed by atoms with Gasteiger partial charge in [0, 0.05) is 30.7 Å². The van der Waals surface area contributed by atoms with E-state index in [2.05, 4.69) is 0 Å². The van der Waals surface area contributed by atoms with Crippen LogP contribution in [-0.2, 0) is 6.42 Å². The Hall–Kier alpha value is -2.89. The molecule has 2 heterocycles. The number of amides is 1. The minimum absolute atomic E-state index is 0.103. The molecule has 1 amide bonds. The number of rotatable bonds is 3. The standard InChI is InChI=1S/C21H23NO5/c1-24-14-12-17-15(19(13-14)25-2)7-4-9-22(17)21(23)16-6-3-8-18-20(16)27-11-5-10-26-18/h3,6,8,12-13H,4-5,7,9-11H2,1-2H3. The molecular formula is C21H23NO5. The summed E-state index contributed by atoms with van der Waals surface area (Å²) in [5.41, 5.74) is 2.37. The number of methoxy groups -OCH3 is 2. The molecule has 0 bridgehead atoms. The Kier molecular flexibility index (Phi) is 4.79. The molecule has 0 fully saturated rings. The van der Waals surface area contributed by atoms with Crippen molar-refractivity contribution in [2.45, 2.75) is 19.3 Å². The van der Waals surface area contributed by atoms with Gasteiger partial charge in [0.1, 0.15) is 11.5 Å². The van der Waals surface area contributed by atoms with E-state index < -0.39 is 0 Å². The van der Waals surface area contributed by atoms with E-state index in [9.17, 15) is 4.79 Å². The van der Waals surface area contributed by atoms with Gasteiger partial charge in [-0.1, -0.05) is 6.07 Å². The number of fused-ring (bicyclic) bond motifs is 2. The van der Waals surface area contributed by atoms with Gasteiger partial charge in [-0.3, -0.25) is 4.79 Å². The quantitative estimate of drug-likeness (QED) is 0.829. The molecule has 2 aromatic rings. The molecule has 0 aromatic heterocycles. The Morgan fingerprint density at radius 2 is 1.93 bits per heavy atom. The molecule has 6 heteroatoms. The highest BCUT2D eigenvalue weighted by Crippen LogP contribution is 2.40. The summed E-state index contributed by atoms with van der Waals surface area (Å²) in [6, 6.07) is 9.22. The van der Waals surface area contributed by atoms with E-state index in [4.69, 9.17) is 18.9 Å². The van der Waals surface area contributed by atoms with Crippen LogP contribution in [-0.4, -0.2) is 39.9 Å². The maximum Gasteiger partial charge on any atom is 0.262 e. The van der Waals surface area contributed by atoms with Crippen molar-refractivity contribution in [2.24, 2.45) is 0 Å². The van der Waals surface area contributed by atoms with Gasteiger partial charge in [0.05, 0.1) is 38.7 Å². The predicted molar refractivity (Wildman–Crippen MR) is 102 cm³/mol. The molecule has 0 aliphatic carbocycles. The fourth-order valence-corrected chi connectivity index (χ4v) is 3.65. The predicted octanol–water partition coefficient (Wildman–Crippen LogP) is 3.46. The van der Waals surface area contributed by atoms with Crippen LogP contribution in [0.5, 0.6) is 23.0 Å². The van der Waals surface area contributed by atoms with Gasteiger partial charge >= 0.3 is 0 Å². The van der Waals surface area contributed by atoms with Crippen LogP contribution in [0.3, 0.4) is 0 Å². The molecule has 142 valence electrons. The van der Waals surface area contributed by atoms with Crippen LogP contribution in [0, 0.1) is 0 Å². The van der Waals surface area contributed by atoms with Crippen LogP contribution < -0.4 is 23.8 Å². The number of benzene rings is 2. The van der Waals surface area contributed by atoms with E-state index in [0.29, 0.717) is 42.6 Å². The third kappa shape index (κ3) is 3.16. The number of ether oxygens (including phenoxy) is 4. The lowest BCUT2D eigenvalue weighted by molar-refractivity contribution is 0.0981. The molecule has 0 radical (unpaired) electrons. The van der Waals surface area contributed by atoms with Crippen LogP contribution in [0.25, 0.3) is 0 Å². The highest BCUT2D eigenvalue weighted by atomic mass is 16.5. The van der Waals surface area contributed by atoms with Crippen molar-refractivity contribution in [3.63, 3.8) is 0 Å². The molecule has 0 N–H and O–H groups in total. The average molecular weight is 369 g/mol. The molecule has 4 rings (SSSR count). The van der Waals surface area contributed by atoms with Crippen LogP contribution in [0.15, 0.2) is 30.3 Å². The lowest BCUT2D eigenvalue weighted by Crippen LogP contribution is -2.36. The number of hydrogen-bond acceptors (Lipinski definition) is 5. The Balaban J connectivity index is 1.77. The third-order valence-corrected chi connectivity index (χ3v) is 4.96. The lowest BCUT2D eigenvalue weighted by atomic mass is 9.99. The number of anilines is 1. The average Bonchev–Trinajstić information content (AvgIpc) is 2.97. The first-order valence-electron chi connectivity index (χ1n) is 9.18. The van der Waals surface area contributed by atoms with Crippen molar-refractivity contribution in [1.82, 2.24) is 0 Å². The van der Waals surface area contributed by atoms with Gasteiger partial charge in [-0.25, -0.2) is 0 Å². The topological polar surface area (TPSA) is 57.2 Å². The second-order valence-electron chi connectivity index (χ2n) is 6.57. The van der Waals surface area contributed by atoms with Crippen molar-refractivity contribution in [3.8, 4) is 23.0 Å². The van der Waals surface area contributed by atoms with Gasteiger partial charge in [0.2, 0.25) is 0 Å². The zero-order chi connectivity index (χ0) is 18.8. The molecule has 0 saturated carbocycles. The highest BCUT2D eigenvalue weighted by molar-refractivity contribution is 6.09. The van der Waals surface area contributed by atoms with Crippen LogP contribution in [0.2, 0.25) is 0 Å². The van der Waals surface area contributed by atoms with E-state index in [0.717, 1.165) is 36.3 Å². The second-order valence-corrected chi connectivity index (χ2v) is 6.57. The Morgan fingerprint density at radius 1 is 1.07 bits per heavy atom. The van der Waals surface area contributed by atoms with E-state index in [1.54, 1.807) is 25.2 Å². The largest absolute Gasteiger partial charge is 0.497 e. The monoisotopic (exact) mass is 369 g/mol. The fraction of sp³-hybridized carbons (Fsp3) is 0.381. The summed E-state index contributed by atoms with van der Waals surface area (Å²) < 4.78 is 22.5. The molecule has 0 atom stereocenters. The summed E-state index contributed by atoms with van der Waals surface area (Å²) in [6.07, 6.45) is 2.52. The van der Waals surface area contributed by atoms with E-state index >= 15 is 0 Å². The minimum atomic E-state index is -0.103. The summed E-state index contributed by atoms with van der Waals surface area (Å²) in [6.45, 7) is 1.76. The number of hydrogen-bond donors (Lipinski definition) is 0. The molecule has 27 heavy (non-hydrogen) atoms. The first-order valence-corrected chi connectivity index (χ1v) is 9.18. The van der Waals surface area contributed by atoms with Crippen molar-refractivity contribution in [3.05, 3.63) is 41.5 Å². The maximum atomic E-state index is 13.5. The van der Waals surface area contributed by atoms with Gasteiger partial charge in [-0.15, -0.1) is 0 Å². The molecule has 2 aromatic carbocycles. The molecule has 0 spiro atoms. The van der Waals surface area contributed by atoms with E-state index in [1.165, 1.54) is 0 Å². The summed E-state index contributed by atoms with van der Waals surface area (Å²) in [5.74, 6) is 2.46. The number of carbonyl (C=O) groups is 1. The first kappa shape index (κ1) is 17.5. The zero-order valence-corrected chi connectivity index (χ0v) is 15.6. The van der Waals surface area contributed by atoms with Gasteiger partial charge in [0.25, 0.3) is 5.91 Å². The number of para-hydroxylation sites is 1. The Bertz CT molecular complexity index is 864. The lowest BCUT2D eigenvalue weighted by Gasteiger charge is -2.31. The second kappa shape index (κ2) is 7.39. The van der Waals surface area contributed by atoms with Gasteiger partial charge < -0.3 is 23.8 Å². The summed E-state index contributed by atoms with van der Waals surface area (Å²) in [7, 11) is 3.25. The zero-order valence-electron chi connectivity index (χ0n) is 15.6. The van der Waals surface area contributed by atoms with Gasteiger partial charge in [0.15, 0.2) is 11.5 Å². The SMILES string of the molecule is COc1cc(OC)c2c(c1)N(C(=O)c1cccc3c1OCCCO3)CCC2. The summed E-state index contributed by atoms with van der Waals surface area (Å²) >= 11 is 0. The third-order valence-electron chi connectivity index (χ3n) is 4.96. The van der Waals surface area contributed by atoms with Crippen molar-refractivity contribution >= 4 is 11.6 Å². The van der Waals surface area contributed by atoms with Crippen molar-refractivity contribution < 1.29 is 23.7 Å². The normalized spacial score (nSPS) is 15.6. The maximum absolute atomic E-state index is 13.5. The number of nitrogens with zero attached hydrogens (tertiary/aromatic N) is 1. The minimum Gasteiger partial charge on any atom is -0.497 e. The molecule has 0 saturated heterocycles. The van der Waals surface area contributed by atoms with Crippen molar-refractivity contribution in [2.75, 3.05) is 38.9 Å². The first-order chi connectivity index (χ1) is 13.2. The van der Waals surface area contributed by atoms with E-state index in [-0.39, 0.29) is 5.91 Å². The molecule has 0 unspecified atom stereocenters. The van der Waals surface area contributed by atoms with Crippen LogP contribution >= 0.6 is 0 Å². The van der Waals surface area contributed by atoms with Crippen molar-refractivity contribution in [1.29, 1.82) is 0 Å². The molecule has 2 aliphatic heterocycles. The Morgan fingerprint density at radius 3 is 2.74 bits per heavy atom. The summed E-state index contributed by atoms with van der Waals surface area (Å²) in [5, 5.41) is 0. The smallest absolute Gasteiger partial charge is 0.262 e. The van der Waals surface area contributed by atoms with Gasteiger partial charge in [-0.05, 0) is 25.0 Å².